The van der Waals surface area contributed by atoms with Gasteiger partial charge in [-0.3, -0.25) is 4.90 Å². The number of benzene rings is 1. The fourth-order valence-corrected chi connectivity index (χ4v) is 3.53. The first kappa shape index (κ1) is 17.8. The monoisotopic (exact) mass is 366 g/mol. The van der Waals surface area contributed by atoms with Crippen molar-refractivity contribution in [2.45, 2.75) is 32.4 Å². The molecule has 1 aliphatic rings. The van der Waals surface area contributed by atoms with Crippen molar-refractivity contribution in [3.8, 4) is 5.75 Å². The van der Waals surface area contributed by atoms with Crippen LogP contribution in [0.2, 0.25) is 0 Å². The van der Waals surface area contributed by atoms with Gasteiger partial charge in [-0.05, 0) is 68.8 Å². The van der Waals surface area contributed by atoms with Crippen LogP contribution in [0.4, 0.5) is 11.5 Å². The van der Waals surface area contributed by atoms with Gasteiger partial charge < -0.3 is 15.8 Å². The lowest BCUT2D eigenvalue weighted by Crippen LogP contribution is -2.39. The van der Waals surface area contributed by atoms with E-state index < -0.39 is 0 Å². The first-order chi connectivity index (χ1) is 13.2. The van der Waals surface area contributed by atoms with Crippen LogP contribution in [0, 0.1) is 0 Å². The average Bonchev–Trinajstić information content (AvgIpc) is 3.09. The highest BCUT2D eigenvalue weighted by molar-refractivity contribution is 5.76. The lowest BCUT2D eigenvalue weighted by atomic mass is 10.1. The molecule has 4 rings (SSSR count). The molecular formula is C20H26N6O. The lowest BCUT2D eigenvalue weighted by Gasteiger charge is -2.29. The van der Waals surface area contributed by atoms with Crippen molar-refractivity contribution >= 4 is 17.0 Å². The van der Waals surface area contributed by atoms with Crippen molar-refractivity contribution in [3.05, 3.63) is 48.4 Å². The number of nitrogens with one attached hydrogen (secondary N) is 1. The van der Waals surface area contributed by atoms with Crippen molar-refractivity contribution in [2.24, 2.45) is 5.73 Å². The highest BCUT2D eigenvalue weighted by Crippen LogP contribution is 2.26. The van der Waals surface area contributed by atoms with E-state index in [0.717, 1.165) is 55.2 Å². The van der Waals surface area contributed by atoms with Crippen LogP contribution in [0.3, 0.4) is 0 Å². The highest BCUT2D eigenvalue weighted by Gasteiger charge is 2.18. The minimum atomic E-state index is 0.340. The summed E-state index contributed by atoms with van der Waals surface area (Å²) < 4.78 is 7.39. The molecule has 0 atom stereocenters. The number of fused-ring (bicyclic) bond motifs is 1. The smallest absolute Gasteiger partial charge is 0.158 e. The van der Waals surface area contributed by atoms with Gasteiger partial charge in [0.1, 0.15) is 17.6 Å². The molecule has 3 heterocycles. The summed E-state index contributed by atoms with van der Waals surface area (Å²) in [6.07, 6.45) is 5.68. The Morgan fingerprint density at radius 3 is 2.70 bits per heavy atom. The number of likely N-dealkylation sites (tertiary alicyclic amines) is 1. The molecule has 1 saturated heterocycles. The third-order valence-electron chi connectivity index (χ3n) is 4.99. The first-order valence-electron chi connectivity index (χ1n) is 9.52. The maximum atomic E-state index is 6.03. The van der Waals surface area contributed by atoms with Crippen LogP contribution in [-0.2, 0) is 6.54 Å². The average molecular weight is 366 g/mol. The third-order valence-corrected chi connectivity index (χ3v) is 4.99. The first-order valence-corrected chi connectivity index (χ1v) is 9.52. The highest BCUT2D eigenvalue weighted by atomic mass is 16.5. The normalized spacial score (nSPS) is 15.9. The van der Waals surface area contributed by atoms with Crippen LogP contribution in [0.1, 0.15) is 25.3 Å². The van der Waals surface area contributed by atoms with E-state index in [1.807, 2.05) is 41.9 Å². The van der Waals surface area contributed by atoms with E-state index in [-0.39, 0.29) is 0 Å². The molecule has 0 amide bonds. The van der Waals surface area contributed by atoms with Crippen molar-refractivity contribution in [1.82, 2.24) is 19.5 Å². The standard InChI is InChI=1S/C20H26N6O/c1-2-27-18-5-3-17(4-6-18)24-20-19-15(7-12-26(19)23-14-22-20)13-25-10-8-16(21)9-11-25/h3-7,12,14,16H,2,8-11,13,21H2,1H3,(H,22,23,24). The number of hydrogen-bond donors (Lipinski definition) is 2. The molecule has 27 heavy (non-hydrogen) atoms. The molecule has 2 aromatic heterocycles. The van der Waals surface area contributed by atoms with E-state index in [2.05, 4.69) is 26.4 Å². The summed E-state index contributed by atoms with van der Waals surface area (Å²) in [7, 11) is 0. The number of anilines is 2. The van der Waals surface area contributed by atoms with Crippen molar-refractivity contribution < 1.29 is 4.74 Å². The number of aromatic nitrogens is 3. The van der Waals surface area contributed by atoms with E-state index in [1.54, 1.807) is 6.33 Å². The van der Waals surface area contributed by atoms with Crippen LogP contribution < -0.4 is 15.8 Å². The van der Waals surface area contributed by atoms with Gasteiger partial charge in [-0.15, -0.1) is 0 Å². The maximum absolute atomic E-state index is 6.03. The molecule has 7 heteroatoms. The number of nitrogens with two attached hydrogens (primary N) is 1. The Bertz CT molecular complexity index is 883. The summed E-state index contributed by atoms with van der Waals surface area (Å²) in [6, 6.07) is 10.4. The summed E-state index contributed by atoms with van der Waals surface area (Å²) in [5, 5.41) is 7.78. The van der Waals surface area contributed by atoms with Gasteiger partial charge in [0.15, 0.2) is 5.82 Å². The summed E-state index contributed by atoms with van der Waals surface area (Å²) in [6.45, 7) is 5.60. The van der Waals surface area contributed by atoms with E-state index >= 15 is 0 Å². The minimum absolute atomic E-state index is 0.340. The Labute approximate surface area is 159 Å². The molecule has 0 radical (unpaired) electrons. The van der Waals surface area contributed by atoms with E-state index in [1.165, 1.54) is 5.56 Å². The summed E-state index contributed by atoms with van der Waals surface area (Å²) >= 11 is 0. The molecule has 0 unspecified atom stereocenters. The zero-order valence-corrected chi connectivity index (χ0v) is 15.6. The molecule has 1 aromatic carbocycles. The van der Waals surface area contributed by atoms with Crippen molar-refractivity contribution in [3.63, 3.8) is 0 Å². The Kier molecular flexibility index (Phi) is 5.22. The number of rotatable bonds is 6. The molecule has 7 nitrogen and oxygen atoms in total. The largest absolute Gasteiger partial charge is 0.494 e. The Morgan fingerprint density at radius 1 is 1.19 bits per heavy atom. The Hall–Kier alpha value is -2.64. The molecule has 1 aliphatic heterocycles. The number of ether oxygens (including phenoxy) is 1. The second-order valence-electron chi connectivity index (χ2n) is 6.94. The molecule has 3 N–H and O–H groups in total. The molecular weight excluding hydrogens is 340 g/mol. The van der Waals surface area contributed by atoms with Gasteiger partial charge in [0.25, 0.3) is 0 Å². The molecule has 0 bridgehead atoms. The molecule has 3 aromatic rings. The van der Waals surface area contributed by atoms with Crippen molar-refractivity contribution in [1.29, 1.82) is 0 Å². The van der Waals surface area contributed by atoms with Gasteiger partial charge in [-0.1, -0.05) is 0 Å². The zero-order valence-electron chi connectivity index (χ0n) is 15.6. The van der Waals surface area contributed by atoms with Crippen LogP contribution in [0.5, 0.6) is 5.75 Å². The molecule has 142 valence electrons. The second-order valence-corrected chi connectivity index (χ2v) is 6.94. The van der Waals surface area contributed by atoms with E-state index in [9.17, 15) is 0 Å². The van der Waals surface area contributed by atoms with Gasteiger partial charge in [0.2, 0.25) is 0 Å². The number of piperidine rings is 1. The summed E-state index contributed by atoms with van der Waals surface area (Å²) in [5.74, 6) is 1.67. The SMILES string of the molecule is CCOc1ccc(Nc2ncnn3ccc(CN4CCC(N)CC4)c23)cc1. The summed E-state index contributed by atoms with van der Waals surface area (Å²) in [5.41, 5.74) is 9.24. The topological polar surface area (TPSA) is 80.7 Å². The minimum Gasteiger partial charge on any atom is -0.494 e. The lowest BCUT2D eigenvalue weighted by molar-refractivity contribution is 0.206. The maximum Gasteiger partial charge on any atom is 0.158 e. The third kappa shape index (κ3) is 4.04. The molecule has 0 spiro atoms. The Morgan fingerprint density at radius 2 is 1.96 bits per heavy atom. The van der Waals surface area contributed by atoms with Gasteiger partial charge in [0.05, 0.1) is 6.61 Å². The van der Waals surface area contributed by atoms with Crippen LogP contribution in [-0.4, -0.2) is 45.2 Å². The van der Waals surface area contributed by atoms with Gasteiger partial charge in [0, 0.05) is 24.5 Å². The van der Waals surface area contributed by atoms with Crippen LogP contribution in [0.15, 0.2) is 42.9 Å². The van der Waals surface area contributed by atoms with Gasteiger partial charge >= 0.3 is 0 Å². The van der Waals surface area contributed by atoms with E-state index in [4.69, 9.17) is 10.5 Å². The fraction of sp³-hybridized carbons (Fsp3) is 0.400. The van der Waals surface area contributed by atoms with Gasteiger partial charge in [-0.25, -0.2) is 9.50 Å². The summed E-state index contributed by atoms with van der Waals surface area (Å²) in [4.78, 5) is 6.94. The van der Waals surface area contributed by atoms with E-state index in [0.29, 0.717) is 12.6 Å². The predicted molar refractivity (Wildman–Crippen MR) is 106 cm³/mol. The van der Waals surface area contributed by atoms with Crippen molar-refractivity contribution in [2.75, 3.05) is 25.0 Å². The quantitative estimate of drug-likeness (QED) is 0.698. The van der Waals surface area contributed by atoms with Gasteiger partial charge in [-0.2, -0.15) is 5.10 Å². The van der Waals surface area contributed by atoms with Crippen LogP contribution >= 0.6 is 0 Å². The molecule has 0 saturated carbocycles. The Balaban J connectivity index is 1.56. The number of nitrogens with zero attached hydrogens (tertiary/aromatic N) is 4. The fourth-order valence-electron chi connectivity index (χ4n) is 3.53. The zero-order chi connectivity index (χ0) is 18.6. The number of hydrogen-bond acceptors (Lipinski definition) is 6. The second kappa shape index (κ2) is 7.94. The molecule has 0 aliphatic carbocycles. The predicted octanol–water partition coefficient (Wildman–Crippen LogP) is 2.79. The molecule has 1 fully saturated rings. The van der Waals surface area contributed by atoms with Crippen LogP contribution in [0.25, 0.3) is 5.52 Å².